The molecule has 0 amide bonds. The Morgan fingerprint density at radius 1 is 1.24 bits per heavy atom. The summed E-state index contributed by atoms with van der Waals surface area (Å²) in [5, 5.41) is 22.4. The van der Waals surface area contributed by atoms with E-state index in [0.717, 1.165) is 0 Å². The smallest absolute Gasteiger partial charge is 0.334 e. The Morgan fingerprint density at radius 2 is 1.88 bits per heavy atom. The quantitative estimate of drug-likeness (QED) is 0.287. The van der Waals surface area contributed by atoms with Crippen LogP contribution < -0.4 is 0 Å². The average Bonchev–Trinajstić information content (AvgIpc) is 3.56. The van der Waals surface area contributed by atoms with E-state index in [0.29, 0.717) is 17.6 Å². The van der Waals surface area contributed by atoms with Crippen LogP contribution >= 0.6 is 0 Å². The molecule has 0 aromatic heterocycles. The zero-order chi connectivity index (χ0) is 24.7. The number of Topliss-reactive ketones (excluding diaryl/α,β-unsaturated/α-hetero) is 1. The van der Waals surface area contributed by atoms with E-state index in [1.165, 1.54) is 0 Å². The summed E-state index contributed by atoms with van der Waals surface area (Å²) >= 11 is 0. The number of methoxy groups -OCH3 is 1. The summed E-state index contributed by atoms with van der Waals surface area (Å²) in [4.78, 5) is 26.5. The second-order valence-corrected chi connectivity index (χ2v) is 11.3. The molecule has 0 radical (unpaired) electrons. The Morgan fingerprint density at radius 3 is 2.45 bits per heavy atom. The fourth-order valence-electron chi connectivity index (χ4n) is 6.78. The molecule has 0 unspecified atom stereocenters. The van der Waals surface area contributed by atoms with Gasteiger partial charge in [0.15, 0.2) is 17.0 Å². The number of aliphatic hydroxyl groups excluding tert-OH is 2. The summed E-state index contributed by atoms with van der Waals surface area (Å²) in [5.41, 5.74) is -1.50. The summed E-state index contributed by atoms with van der Waals surface area (Å²) in [7, 11) is 1.58. The number of ether oxygens (including phenoxy) is 3. The van der Waals surface area contributed by atoms with Crippen LogP contribution in [0.5, 0.6) is 0 Å². The molecule has 1 saturated heterocycles. The second-order valence-electron chi connectivity index (χ2n) is 11.3. The van der Waals surface area contributed by atoms with Gasteiger partial charge in [0, 0.05) is 24.5 Å². The van der Waals surface area contributed by atoms with Crippen LogP contribution in [0.4, 0.5) is 0 Å². The summed E-state index contributed by atoms with van der Waals surface area (Å²) in [6.45, 7) is 13.0. The first kappa shape index (κ1) is 24.6. The lowest BCUT2D eigenvalue weighted by molar-refractivity contribution is -0.150. The third-order valence-corrected chi connectivity index (χ3v) is 9.01. The monoisotopic (exact) mass is 462 g/mol. The van der Waals surface area contributed by atoms with Crippen LogP contribution in [0.3, 0.4) is 0 Å². The molecular formula is C26H38O7. The van der Waals surface area contributed by atoms with Crippen molar-refractivity contribution in [2.24, 2.45) is 29.1 Å². The molecule has 0 aromatic carbocycles. The number of aliphatic hydroxyl groups is 2. The lowest BCUT2D eigenvalue weighted by atomic mass is 9.81. The molecular weight excluding hydrogens is 424 g/mol. The van der Waals surface area contributed by atoms with Crippen LogP contribution in [0.15, 0.2) is 23.3 Å². The van der Waals surface area contributed by atoms with Crippen LogP contribution in [-0.2, 0) is 23.8 Å². The highest BCUT2D eigenvalue weighted by atomic mass is 16.7. The minimum Gasteiger partial charge on any atom is -0.452 e. The number of carbonyl (C=O) groups excluding carboxylic acids is 2. The molecule has 3 aliphatic carbocycles. The first-order valence-electron chi connectivity index (χ1n) is 12.0. The fourth-order valence-corrected chi connectivity index (χ4v) is 6.78. The molecule has 184 valence electrons. The molecule has 10 atom stereocenters. The molecule has 2 saturated carbocycles. The van der Waals surface area contributed by atoms with Crippen LogP contribution in [0.25, 0.3) is 0 Å². The summed E-state index contributed by atoms with van der Waals surface area (Å²) in [6.07, 6.45) is 0.823. The highest BCUT2D eigenvalue weighted by molar-refractivity contribution is 5.95. The van der Waals surface area contributed by atoms with Crippen molar-refractivity contribution in [1.29, 1.82) is 0 Å². The van der Waals surface area contributed by atoms with Gasteiger partial charge in [-0.05, 0) is 56.1 Å². The van der Waals surface area contributed by atoms with Gasteiger partial charge in [-0.2, -0.15) is 0 Å². The molecule has 1 aliphatic heterocycles. The lowest BCUT2D eigenvalue weighted by Crippen LogP contribution is -2.41. The van der Waals surface area contributed by atoms with Crippen LogP contribution in [0.1, 0.15) is 54.9 Å². The number of rotatable bonds is 3. The predicted octanol–water partition coefficient (Wildman–Crippen LogP) is 2.59. The second kappa shape index (κ2) is 7.74. The Labute approximate surface area is 196 Å². The number of ketones is 1. The predicted molar refractivity (Wildman–Crippen MR) is 121 cm³/mol. The summed E-state index contributed by atoms with van der Waals surface area (Å²) < 4.78 is 18.0. The standard InChI is InChI=1S/C26H38O7/c1-9-12(2)23(30)32-19-13(3)10-25-21(28)14(4)11-26(25,33-25)22(29)15(5)18(27)16-17(20(19)31-8)24(16,6)7/h9-10,14-21,27-28H,11H2,1-8H3/b12-9-,13-10+/t14-,15-,16+,17-,18+,19-,20-,21-,25+,26+/m1/s1. The largest absolute Gasteiger partial charge is 0.452 e. The van der Waals surface area contributed by atoms with Crippen molar-refractivity contribution in [2.45, 2.75) is 90.5 Å². The zero-order valence-corrected chi connectivity index (χ0v) is 20.9. The van der Waals surface area contributed by atoms with E-state index in [2.05, 4.69) is 0 Å². The topological polar surface area (TPSA) is 106 Å². The van der Waals surface area contributed by atoms with E-state index in [1.807, 2.05) is 27.7 Å². The number of epoxide rings is 1. The summed E-state index contributed by atoms with van der Waals surface area (Å²) in [5.74, 6) is -1.74. The van der Waals surface area contributed by atoms with Gasteiger partial charge in [0.05, 0.1) is 12.2 Å². The molecule has 7 heteroatoms. The third-order valence-electron chi connectivity index (χ3n) is 9.01. The molecule has 2 N–H and O–H groups in total. The number of carbonyl (C=O) groups is 2. The van der Waals surface area contributed by atoms with Gasteiger partial charge in [0.25, 0.3) is 0 Å². The number of allylic oxidation sites excluding steroid dienone is 1. The van der Waals surface area contributed by atoms with Gasteiger partial charge in [-0.3, -0.25) is 4.79 Å². The maximum absolute atomic E-state index is 13.7. The minimum atomic E-state index is -1.18. The van der Waals surface area contributed by atoms with Crippen molar-refractivity contribution in [3.63, 3.8) is 0 Å². The van der Waals surface area contributed by atoms with Crippen molar-refractivity contribution in [2.75, 3.05) is 7.11 Å². The number of hydrogen-bond acceptors (Lipinski definition) is 7. The molecule has 7 nitrogen and oxygen atoms in total. The maximum Gasteiger partial charge on any atom is 0.334 e. The number of esters is 1. The Balaban J connectivity index is 1.85. The van der Waals surface area contributed by atoms with E-state index >= 15 is 0 Å². The Kier molecular flexibility index (Phi) is 5.76. The van der Waals surface area contributed by atoms with Gasteiger partial charge < -0.3 is 24.4 Å². The summed E-state index contributed by atoms with van der Waals surface area (Å²) in [6, 6.07) is 0. The Hall–Kier alpha value is -1.54. The lowest BCUT2D eigenvalue weighted by Gasteiger charge is -2.29. The van der Waals surface area contributed by atoms with Gasteiger partial charge in [-0.15, -0.1) is 0 Å². The zero-order valence-electron chi connectivity index (χ0n) is 20.9. The minimum absolute atomic E-state index is 0.117. The van der Waals surface area contributed by atoms with Crippen molar-refractivity contribution < 1.29 is 34.0 Å². The van der Waals surface area contributed by atoms with Crippen molar-refractivity contribution in [3.05, 3.63) is 23.3 Å². The number of fused-ring (bicyclic) bond motifs is 1. The van der Waals surface area contributed by atoms with Gasteiger partial charge in [-0.1, -0.05) is 33.8 Å². The Bertz CT molecular complexity index is 920. The molecule has 33 heavy (non-hydrogen) atoms. The van der Waals surface area contributed by atoms with Crippen LogP contribution in [-0.4, -0.2) is 64.7 Å². The van der Waals surface area contributed by atoms with Crippen molar-refractivity contribution in [1.82, 2.24) is 0 Å². The first-order chi connectivity index (χ1) is 15.3. The van der Waals surface area contributed by atoms with Crippen LogP contribution in [0.2, 0.25) is 0 Å². The van der Waals surface area contributed by atoms with Crippen molar-refractivity contribution in [3.8, 4) is 0 Å². The molecule has 4 rings (SSSR count). The van der Waals surface area contributed by atoms with E-state index in [4.69, 9.17) is 14.2 Å². The molecule has 0 spiro atoms. The molecule has 1 heterocycles. The first-order valence-corrected chi connectivity index (χ1v) is 12.0. The maximum atomic E-state index is 13.7. The normalized spacial score (nSPS) is 50.2. The molecule has 0 bridgehead atoms. The molecule has 0 aromatic rings. The molecule has 4 aliphatic rings. The highest BCUT2D eigenvalue weighted by Gasteiger charge is 2.82. The average molecular weight is 463 g/mol. The SMILES string of the molecule is C/C=C(/C)C(=O)O[C@@H]1/C(C)=C/[C@@]23O[C@@]2(C[C@@H](C)[C@H]3O)C(=O)[C@H](C)[C@H](O)[C@@H]2[C@H]([C@H]1OC)C2(C)C. The van der Waals surface area contributed by atoms with Crippen molar-refractivity contribution >= 4 is 11.8 Å². The van der Waals surface area contributed by atoms with E-state index in [1.54, 1.807) is 40.0 Å². The van der Waals surface area contributed by atoms with E-state index in [-0.39, 0.29) is 29.0 Å². The van der Waals surface area contributed by atoms with Crippen LogP contribution in [0, 0.1) is 29.1 Å². The van der Waals surface area contributed by atoms with Gasteiger partial charge in [0.1, 0.15) is 12.2 Å². The molecule has 3 fully saturated rings. The fraction of sp³-hybridized carbons (Fsp3) is 0.769. The van der Waals surface area contributed by atoms with Gasteiger partial charge >= 0.3 is 5.97 Å². The third kappa shape index (κ3) is 3.23. The van der Waals surface area contributed by atoms with E-state index in [9.17, 15) is 19.8 Å². The van der Waals surface area contributed by atoms with E-state index < -0.39 is 47.5 Å². The van der Waals surface area contributed by atoms with Gasteiger partial charge in [-0.25, -0.2) is 4.79 Å². The van der Waals surface area contributed by atoms with Gasteiger partial charge in [0.2, 0.25) is 0 Å². The highest BCUT2D eigenvalue weighted by Crippen LogP contribution is 2.67. The number of hydrogen-bond donors (Lipinski definition) is 2.